The number of methoxy groups -OCH3 is 1. The van der Waals surface area contributed by atoms with E-state index in [0.29, 0.717) is 11.4 Å². The van der Waals surface area contributed by atoms with E-state index in [9.17, 15) is 9.59 Å². The maximum atomic E-state index is 14.0. The van der Waals surface area contributed by atoms with Crippen molar-refractivity contribution in [1.29, 1.82) is 0 Å². The molecule has 3 aliphatic carbocycles. The smallest absolute Gasteiger partial charge is 0.239 e. The summed E-state index contributed by atoms with van der Waals surface area (Å²) in [5, 5.41) is 0. The lowest BCUT2D eigenvalue weighted by atomic mass is 9.46. The number of ether oxygens (including phenoxy) is 1. The van der Waals surface area contributed by atoms with E-state index in [0.717, 1.165) is 6.42 Å². The van der Waals surface area contributed by atoms with E-state index >= 15 is 0 Å². The fourth-order valence-electron chi connectivity index (χ4n) is 6.58. The lowest BCUT2D eigenvalue weighted by Gasteiger charge is -2.54. The molecule has 1 heterocycles. The standard InChI is InChI=1S/C27H23NO3/c1-3-27-18-12-6-4-10-16(18)22(17-11-5-7-13-19(17)27)23-24(27)26(30)28(25(23)29)20-14-8-9-15-21(20)31-2/h4-15,22-24H,3H2,1-2H3/t22?,23-,24+,27?/m0/s1. The fourth-order valence-corrected chi connectivity index (χ4v) is 6.58. The molecule has 0 spiro atoms. The van der Waals surface area contributed by atoms with Crippen molar-refractivity contribution in [2.75, 3.05) is 12.0 Å². The van der Waals surface area contributed by atoms with Crippen LogP contribution in [-0.2, 0) is 15.0 Å². The summed E-state index contributed by atoms with van der Waals surface area (Å²) < 4.78 is 5.51. The summed E-state index contributed by atoms with van der Waals surface area (Å²) in [6.07, 6.45) is 0.758. The number of rotatable bonds is 3. The number of carbonyl (C=O) groups is 2. The molecule has 1 aliphatic heterocycles. The number of amides is 2. The van der Waals surface area contributed by atoms with E-state index in [-0.39, 0.29) is 17.7 Å². The van der Waals surface area contributed by atoms with Gasteiger partial charge in [-0.25, -0.2) is 4.90 Å². The highest BCUT2D eigenvalue weighted by Crippen LogP contribution is 2.65. The number of imide groups is 1. The van der Waals surface area contributed by atoms with Crippen molar-refractivity contribution in [2.24, 2.45) is 11.8 Å². The topological polar surface area (TPSA) is 46.6 Å². The van der Waals surface area contributed by atoms with Crippen LogP contribution in [0.1, 0.15) is 41.5 Å². The van der Waals surface area contributed by atoms with E-state index < -0.39 is 17.3 Å². The van der Waals surface area contributed by atoms with Gasteiger partial charge in [0.2, 0.25) is 11.8 Å². The van der Waals surface area contributed by atoms with Crippen LogP contribution in [0.15, 0.2) is 72.8 Å². The van der Waals surface area contributed by atoms with Crippen LogP contribution in [0, 0.1) is 11.8 Å². The third kappa shape index (κ3) is 2.05. The molecule has 154 valence electrons. The van der Waals surface area contributed by atoms with Gasteiger partial charge in [0.1, 0.15) is 5.75 Å². The number of nitrogens with zero attached hydrogens (tertiary/aromatic N) is 1. The van der Waals surface area contributed by atoms with Gasteiger partial charge in [0.05, 0.1) is 24.6 Å². The molecule has 31 heavy (non-hydrogen) atoms. The quantitative estimate of drug-likeness (QED) is 0.592. The van der Waals surface area contributed by atoms with Gasteiger partial charge in [0, 0.05) is 11.3 Å². The minimum Gasteiger partial charge on any atom is -0.495 e. The predicted molar refractivity (Wildman–Crippen MR) is 118 cm³/mol. The molecule has 0 saturated carbocycles. The Labute approximate surface area is 181 Å². The third-order valence-electron chi connectivity index (χ3n) is 7.68. The van der Waals surface area contributed by atoms with Crippen LogP contribution in [0.4, 0.5) is 5.69 Å². The average molecular weight is 409 g/mol. The normalized spacial score (nSPS) is 27.7. The number of hydrogen-bond acceptors (Lipinski definition) is 3. The van der Waals surface area contributed by atoms with Crippen LogP contribution in [0.2, 0.25) is 0 Å². The summed E-state index contributed by atoms with van der Waals surface area (Å²) in [6, 6.07) is 24.1. The van der Waals surface area contributed by atoms with Gasteiger partial charge < -0.3 is 4.74 Å². The van der Waals surface area contributed by atoms with Crippen LogP contribution in [0.3, 0.4) is 0 Å². The summed E-state index contributed by atoms with van der Waals surface area (Å²) >= 11 is 0. The first kappa shape index (κ1) is 18.4. The second kappa shape index (κ2) is 6.30. The van der Waals surface area contributed by atoms with Crippen molar-refractivity contribution in [3.8, 4) is 5.75 Å². The molecule has 4 heteroatoms. The number of carbonyl (C=O) groups excluding carboxylic acids is 2. The zero-order valence-corrected chi connectivity index (χ0v) is 17.5. The lowest BCUT2D eigenvalue weighted by Crippen LogP contribution is -2.53. The SMILES string of the molecule is CCC12c3ccccc3C(c3ccccc31)[C@@H]1C(=O)N(c3ccccc3OC)C(=O)[C@@H]12. The van der Waals surface area contributed by atoms with Crippen molar-refractivity contribution in [3.63, 3.8) is 0 Å². The van der Waals surface area contributed by atoms with Crippen molar-refractivity contribution in [1.82, 2.24) is 0 Å². The number of benzene rings is 3. The molecule has 2 atom stereocenters. The molecule has 3 aromatic carbocycles. The largest absolute Gasteiger partial charge is 0.495 e. The highest BCUT2D eigenvalue weighted by Gasteiger charge is 2.67. The van der Waals surface area contributed by atoms with Crippen molar-refractivity contribution < 1.29 is 14.3 Å². The second-order valence-corrected chi connectivity index (χ2v) is 8.66. The van der Waals surface area contributed by atoms with Crippen molar-refractivity contribution in [2.45, 2.75) is 24.7 Å². The summed E-state index contributed by atoms with van der Waals surface area (Å²) in [4.78, 5) is 29.4. The summed E-state index contributed by atoms with van der Waals surface area (Å²) in [7, 11) is 1.57. The van der Waals surface area contributed by atoms with Gasteiger partial charge in [0.25, 0.3) is 0 Å². The van der Waals surface area contributed by atoms with Crippen LogP contribution in [0.25, 0.3) is 0 Å². The molecule has 4 aliphatic rings. The minimum atomic E-state index is -0.504. The molecule has 0 radical (unpaired) electrons. The Morgan fingerprint density at radius 2 is 1.42 bits per heavy atom. The van der Waals surface area contributed by atoms with Gasteiger partial charge in [-0.2, -0.15) is 0 Å². The first-order valence-corrected chi connectivity index (χ1v) is 10.8. The minimum absolute atomic E-state index is 0.109. The Kier molecular flexibility index (Phi) is 3.73. The molecule has 2 bridgehead atoms. The van der Waals surface area contributed by atoms with Gasteiger partial charge in [0.15, 0.2) is 0 Å². The van der Waals surface area contributed by atoms with Gasteiger partial charge in [-0.1, -0.05) is 67.6 Å². The average Bonchev–Trinajstić information content (AvgIpc) is 3.09. The molecule has 7 rings (SSSR count). The highest BCUT2D eigenvalue weighted by atomic mass is 16.5. The summed E-state index contributed by atoms with van der Waals surface area (Å²) in [6.45, 7) is 2.14. The molecule has 1 saturated heterocycles. The third-order valence-corrected chi connectivity index (χ3v) is 7.68. The van der Waals surface area contributed by atoms with E-state index in [1.54, 1.807) is 19.2 Å². The Bertz CT molecular complexity index is 1200. The van der Waals surface area contributed by atoms with Gasteiger partial charge in [-0.15, -0.1) is 0 Å². The zero-order chi connectivity index (χ0) is 21.3. The molecule has 1 fully saturated rings. The van der Waals surface area contributed by atoms with E-state index in [1.165, 1.54) is 27.2 Å². The van der Waals surface area contributed by atoms with Crippen LogP contribution in [0.5, 0.6) is 5.75 Å². The van der Waals surface area contributed by atoms with Gasteiger partial charge in [-0.3, -0.25) is 9.59 Å². The zero-order valence-electron chi connectivity index (χ0n) is 17.5. The molecular formula is C27H23NO3. The fraction of sp³-hybridized carbons (Fsp3) is 0.259. The number of anilines is 1. The Morgan fingerprint density at radius 3 is 2.03 bits per heavy atom. The molecule has 3 aromatic rings. The molecule has 4 nitrogen and oxygen atoms in total. The maximum absolute atomic E-state index is 14.0. The first-order valence-electron chi connectivity index (χ1n) is 10.8. The first-order chi connectivity index (χ1) is 15.1. The summed E-state index contributed by atoms with van der Waals surface area (Å²) in [5.41, 5.74) is 4.81. The van der Waals surface area contributed by atoms with Crippen LogP contribution >= 0.6 is 0 Å². The highest BCUT2D eigenvalue weighted by molar-refractivity contribution is 6.24. The van der Waals surface area contributed by atoms with Crippen LogP contribution < -0.4 is 9.64 Å². The maximum Gasteiger partial charge on any atom is 0.239 e. The van der Waals surface area contributed by atoms with E-state index in [2.05, 4.69) is 31.2 Å². The van der Waals surface area contributed by atoms with Gasteiger partial charge >= 0.3 is 0 Å². The number of hydrogen-bond donors (Lipinski definition) is 0. The lowest BCUT2D eigenvalue weighted by molar-refractivity contribution is -0.123. The summed E-state index contributed by atoms with van der Waals surface area (Å²) in [5.74, 6) is -0.619. The van der Waals surface area contributed by atoms with Crippen molar-refractivity contribution >= 4 is 17.5 Å². The molecule has 2 amide bonds. The predicted octanol–water partition coefficient (Wildman–Crippen LogP) is 4.66. The van der Waals surface area contributed by atoms with Gasteiger partial charge in [-0.05, 0) is 40.8 Å². The monoisotopic (exact) mass is 409 g/mol. The molecule has 0 N–H and O–H groups in total. The Balaban J connectivity index is 1.64. The molecule has 0 aromatic heterocycles. The van der Waals surface area contributed by atoms with E-state index in [4.69, 9.17) is 4.74 Å². The van der Waals surface area contributed by atoms with E-state index in [1.807, 2.05) is 36.4 Å². The molecular weight excluding hydrogens is 386 g/mol. The second-order valence-electron chi connectivity index (χ2n) is 8.66. The molecule has 0 unspecified atom stereocenters. The van der Waals surface area contributed by atoms with Crippen molar-refractivity contribution in [3.05, 3.63) is 95.1 Å². The Morgan fingerprint density at radius 1 is 0.839 bits per heavy atom. The Hall–Kier alpha value is -3.40. The van der Waals surface area contributed by atoms with Crippen LogP contribution in [-0.4, -0.2) is 18.9 Å². The number of para-hydroxylation sites is 2.